The van der Waals surface area contributed by atoms with E-state index in [-0.39, 0.29) is 13.3 Å². The molecule has 3 heteroatoms. The molecule has 0 radical (unpaired) electrons. The highest BCUT2D eigenvalue weighted by Gasteiger charge is 2.21. The number of hydrogen-bond acceptors (Lipinski definition) is 2. The van der Waals surface area contributed by atoms with E-state index in [1.165, 1.54) is 12.8 Å². The van der Waals surface area contributed by atoms with Crippen LogP contribution in [-0.4, -0.2) is 19.1 Å². The number of carbonyl (C=O) groups excluding carboxylic acids is 1. The molecule has 21 heavy (non-hydrogen) atoms. The maximum Gasteiger partial charge on any atom is 0.217 e. The number of amides is 1. The summed E-state index contributed by atoms with van der Waals surface area (Å²) in [5, 5.41) is 0. The first-order chi connectivity index (χ1) is 9.49. The van der Waals surface area contributed by atoms with Gasteiger partial charge in [0.15, 0.2) is 0 Å². The Kier molecular flexibility index (Phi) is 14.2. The van der Waals surface area contributed by atoms with Gasteiger partial charge in [0.1, 0.15) is 0 Å². The van der Waals surface area contributed by atoms with Crippen LogP contribution in [0.25, 0.3) is 0 Å². The fourth-order valence-electron chi connectivity index (χ4n) is 2.84. The van der Waals surface area contributed by atoms with Gasteiger partial charge in [0.05, 0.1) is 0 Å². The van der Waals surface area contributed by atoms with E-state index in [4.69, 9.17) is 10.5 Å². The topological polar surface area (TPSA) is 52.3 Å². The van der Waals surface area contributed by atoms with Gasteiger partial charge in [-0.05, 0) is 42.9 Å². The molecular formula is C18H39NO2. The van der Waals surface area contributed by atoms with Crippen molar-refractivity contribution < 1.29 is 9.53 Å². The van der Waals surface area contributed by atoms with Crippen LogP contribution >= 0.6 is 0 Å². The predicted octanol–water partition coefficient (Wildman–Crippen LogP) is 4.64. The molecule has 1 aliphatic rings. The second kappa shape index (κ2) is 13.1. The van der Waals surface area contributed by atoms with Crippen molar-refractivity contribution in [1.29, 1.82) is 0 Å². The van der Waals surface area contributed by atoms with E-state index in [2.05, 4.69) is 20.8 Å². The minimum absolute atomic E-state index is 0. The van der Waals surface area contributed by atoms with Crippen molar-refractivity contribution in [2.45, 2.75) is 74.1 Å². The van der Waals surface area contributed by atoms with Crippen molar-refractivity contribution in [3.8, 4) is 0 Å². The lowest BCUT2D eigenvalue weighted by molar-refractivity contribution is -0.118. The first-order valence-electron chi connectivity index (χ1n) is 8.35. The molecule has 3 nitrogen and oxygen atoms in total. The molecule has 2 unspecified atom stereocenters. The van der Waals surface area contributed by atoms with E-state index >= 15 is 0 Å². The van der Waals surface area contributed by atoms with Gasteiger partial charge >= 0.3 is 0 Å². The van der Waals surface area contributed by atoms with Crippen molar-refractivity contribution in [3.05, 3.63) is 0 Å². The highest BCUT2D eigenvalue weighted by molar-refractivity contribution is 5.73. The van der Waals surface area contributed by atoms with E-state index in [0.29, 0.717) is 30.1 Å². The van der Waals surface area contributed by atoms with Crippen LogP contribution in [0.15, 0.2) is 0 Å². The zero-order valence-electron chi connectivity index (χ0n) is 14.2. The third kappa shape index (κ3) is 10.8. The van der Waals surface area contributed by atoms with Gasteiger partial charge in [-0.2, -0.15) is 0 Å². The highest BCUT2D eigenvalue weighted by atomic mass is 16.5. The Morgan fingerprint density at radius 2 is 1.86 bits per heavy atom. The number of primary amides is 1. The SMILES string of the molecule is C.CC.CC1COCC(C(C)C)CC[C@H](CCC(N)=O)C1. The molecule has 0 spiro atoms. The molecule has 1 aliphatic heterocycles. The molecule has 1 fully saturated rings. The summed E-state index contributed by atoms with van der Waals surface area (Å²) in [7, 11) is 0. The maximum atomic E-state index is 10.9. The summed E-state index contributed by atoms with van der Waals surface area (Å²) in [6.07, 6.45) is 5.07. The van der Waals surface area contributed by atoms with Crippen molar-refractivity contribution in [1.82, 2.24) is 0 Å². The van der Waals surface area contributed by atoms with Gasteiger partial charge in [-0.25, -0.2) is 0 Å². The Bertz CT molecular complexity index is 254. The van der Waals surface area contributed by atoms with Crippen LogP contribution in [0.1, 0.15) is 74.1 Å². The first kappa shape index (κ1) is 22.7. The summed E-state index contributed by atoms with van der Waals surface area (Å²) in [5.41, 5.74) is 5.26. The molecule has 3 atom stereocenters. The van der Waals surface area contributed by atoms with Crippen molar-refractivity contribution >= 4 is 5.91 Å². The van der Waals surface area contributed by atoms with E-state index < -0.39 is 0 Å². The molecule has 0 aliphatic carbocycles. The van der Waals surface area contributed by atoms with Crippen LogP contribution in [-0.2, 0) is 9.53 Å². The zero-order chi connectivity index (χ0) is 15.5. The third-order valence-corrected chi connectivity index (χ3v) is 4.16. The normalized spacial score (nSPS) is 26.5. The molecule has 0 aromatic rings. The van der Waals surface area contributed by atoms with E-state index in [9.17, 15) is 4.79 Å². The van der Waals surface area contributed by atoms with Crippen LogP contribution < -0.4 is 5.73 Å². The van der Waals surface area contributed by atoms with Crippen LogP contribution in [0, 0.1) is 23.7 Å². The van der Waals surface area contributed by atoms with Gasteiger partial charge in [-0.1, -0.05) is 48.5 Å². The minimum atomic E-state index is -0.167. The van der Waals surface area contributed by atoms with Gasteiger partial charge in [-0.3, -0.25) is 4.79 Å². The lowest BCUT2D eigenvalue weighted by Gasteiger charge is -2.21. The first-order valence-corrected chi connectivity index (χ1v) is 8.35. The van der Waals surface area contributed by atoms with Gasteiger partial charge in [0.2, 0.25) is 5.91 Å². The lowest BCUT2D eigenvalue weighted by atomic mass is 9.84. The second-order valence-corrected chi connectivity index (χ2v) is 6.33. The predicted molar refractivity (Wildman–Crippen MR) is 92.2 cm³/mol. The van der Waals surface area contributed by atoms with Crippen LogP contribution in [0.5, 0.6) is 0 Å². The number of rotatable bonds is 4. The number of carbonyl (C=O) groups is 1. The molecule has 0 bridgehead atoms. The molecule has 128 valence electrons. The van der Waals surface area contributed by atoms with Gasteiger partial charge in [-0.15, -0.1) is 0 Å². The van der Waals surface area contributed by atoms with Crippen molar-refractivity contribution in [3.63, 3.8) is 0 Å². The Morgan fingerprint density at radius 3 is 2.38 bits per heavy atom. The van der Waals surface area contributed by atoms with Crippen LogP contribution in [0.3, 0.4) is 0 Å². The Morgan fingerprint density at radius 1 is 1.24 bits per heavy atom. The molecule has 0 saturated carbocycles. The Balaban J connectivity index is 0. The smallest absolute Gasteiger partial charge is 0.217 e. The van der Waals surface area contributed by atoms with Gasteiger partial charge in [0, 0.05) is 19.6 Å². The summed E-state index contributed by atoms with van der Waals surface area (Å²) >= 11 is 0. The van der Waals surface area contributed by atoms with Crippen molar-refractivity contribution in [2.24, 2.45) is 29.4 Å². The number of ether oxygens (including phenoxy) is 1. The fourth-order valence-corrected chi connectivity index (χ4v) is 2.84. The van der Waals surface area contributed by atoms with Gasteiger partial charge < -0.3 is 10.5 Å². The monoisotopic (exact) mass is 301 g/mol. The standard InChI is InChI=1S/C15H29NO2.C2H6.CH4/c1-11(2)14-6-4-13(5-7-15(16)17)8-12(3)9-18-10-14;1-2;/h11-14H,4-10H2,1-3H3,(H2,16,17);1-2H3;1H4/t12?,13-,14?;;/m1../s1. The number of nitrogens with two attached hydrogens (primary N) is 1. The van der Waals surface area contributed by atoms with Gasteiger partial charge in [0.25, 0.3) is 0 Å². The van der Waals surface area contributed by atoms with E-state index in [1.807, 2.05) is 13.8 Å². The highest BCUT2D eigenvalue weighted by Crippen LogP contribution is 2.29. The lowest BCUT2D eigenvalue weighted by Crippen LogP contribution is -2.17. The minimum Gasteiger partial charge on any atom is -0.381 e. The third-order valence-electron chi connectivity index (χ3n) is 4.16. The molecule has 1 heterocycles. The summed E-state index contributed by atoms with van der Waals surface area (Å²) in [6, 6.07) is 0. The average Bonchev–Trinajstić information content (AvgIpc) is 2.49. The largest absolute Gasteiger partial charge is 0.381 e. The van der Waals surface area contributed by atoms with Crippen LogP contribution in [0.2, 0.25) is 0 Å². The molecule has 2 N–H and O–H groups in total. The second-order valence-electron chi connectivity index (χ2n) is 6.33. The molecule has 0 aromatic carbocycles. The molecule has 1 saturated heterocycles. The van der Waals surface area contributed by atoms with E-state index in [0.717, 1.165) is 26.1 Å². The van der Waals surface area contributed by atoms with Crippen LogP contribution in [0.4, 0.5) is 0 Å². The average molecular weight is 302 g/mol. The number of hydrogen-bond donors (Lipinski definition) is 1. The molecule has 0 aromatic heterocycles. The Hall–Kier alpha value is -0.570. The fraction of sp³-hybridized carbons (Fsp3) is 0.944. The summed E-state index contributed by atoms with van der Waals surface area (Å²) in [6.45, 7) is 12.5. The summed E-state index contributed by atoms with van der Waals surface area (Å²) in [5.74, 6) is 2.39. The maximum absolute atomic E-state index is 10.9. The van der Waals surface area contributed by atoms with Crippen molar-refractivity contribution in [2.75, 3.05) is 13.2 Å². The zero-order valence-corrected chi connectivity index (χ0v) is 14.2. The molecular weight excluding hydrogens is 262 g/mol. The molecule has 1 rings (SSSR count). The molecule has 1 amide bonds. The summed E-state index contributed by atoms with van der Waals surface area (Å²) < 4.78 is 5.82. The summed E-state index contributed by atoms with van der Waals surface area (Å²) in [4.78, 5) is 10.9. The Labute approximate surface area is 133 Å². The quantitative estimate of drug-likeness (QED) is 0.822. The van der Waals surface area contributed by atoms with E-state index in [1.54, 1.807) is 0 Å².